The SMILES string of the molecule is CC(=N)Cc1cccc(C(F)(F)F)c1. The number of alkyl halides is 3. The average Bonchev–Trinajstić information content (AvgIpc) is 2.01. The molecule has 0 heterocycles. The predicted molar refractivity (Wildman–Crippen MR) is 48.5 cm³/mol. The van der Waals surface area contributed by atoms with Crippen LogP contribution in [0.1, 0.15) is 18.1 Å². The largest absolute Gasteiger partial charge is 0.416 e. The lowest BCUT2D eigenvalue weighted by Gasteiger charge is -2.07. The maximum absolute atomic E-state index is 12.3. The van der Waals surface area contributed by atoms with Crippen molar-refractivity contribution in [3.05, 3.63) is 35.4 Å². The monoisotopic (exact) mass is 201 g/mol. The van der Waals surface area contributed by atoms with E-state index < -0.39 is 11.7 Å². The molecule has 0 radical (unpaired) electrons. The molecule has 0 spiro atoms. The molecule has 1 rings (SSSR count). The van der Waals surface area contributed by atoms with E-state index in [0.717, 1.165) is 12.1 Å². The molecule has 1 aromatic carbocycles. The summed E-state index contributed by atoms with van der Waals surface area (Å²) in [6.07, 6.45) is -4.03. The zero-order chi connectivity index (χ0) is 10.8. The highest BCUT2D eigenvalue weighted by molar-refractivity contribution is 5.81. The second-order valence-corrected chi connectivity index (χ2v) is 3.16. The predicted octanol–water partition coefficient (Wildman–Crippen LogP) is 3.29. The number of rotatable bonds is 2. The molecule has 0 aliphatic carbocycles. The first-order valence-electron chi connectivity index (χ1n) is 4.10. The summed E-state index contributed by atoms with van der Waals surface area (Å²) in [4.78, 5) is 0. The Morgan fingerprint density at radius 3 is 2.50 bits per heavy atom. The van der Waals surface area contributed by atoms with Gasteiger partial charge in [-0.25, -0.2) is 0 Å². The molecule has 1 N–H and O–H groups in total. The highest BCUT2D eigenvalue weighted by Gasteiger charge is 2.30. The van der Waals surface area contributed by atoms with Gasteiger partial charge in [0.15, 0.2) is 0 Å². The van der Waals surface area contributed by atoms with Crippen LogP contribution in [0.4, 0.5) is 13.2 Å². The van der Waals surface area contributed by atoms with Gasteiger partial charge in [0.2, 0.25) is 0 Å². The van der Waals surface area contributed by atoms with E-state index in [1.807, 2.05) is 0 Å². The summed E-state index contributed by atoms with van der Waals surface area (Å²) in [6, 6.07) is 5.06. The second-order valence-electron chi connectivity index (χ2n) is 3.16. The van der Waals surface area contributed by atoms with Gasteiger partial charge >= 0.3 is 6.18 Å². The Bertz CT molecular complexity index is 341. The molecular weight excluding hydrogens is 191 g/mol. The minimum absolute atomic E-state index is 0.268. The van der Waals surface area contributed by atoms with Crippen LogP contribution in [0, 0.1) is 5.41 Å². The summed E-state index contributed by atoms with van der Waals surface area (Å²) in [5.41, 5.74) is 0.216. The van der Waals surface area contributed by atoms with Crippen LogP contribution in [-0.2, 0) is 12.6 Å². The highest BCUT2D eigenvalue weighted by Crippen LogP contribution is 2.29. The zero-order valence-electron chi connectivity index (χ0n) is 7.65. The van der Waals surface area contributed by atoms with Gasteiger partial charge in [-0.3, -0.25) is 0 Å². The Kier molecular flexibility index (Phi) is 2.93. The zero-order valence-corrected chi connectivity index (χ0v) is 7.65. The van der Waals surface area contributed by atoms with E-state index in [9.17, 15) is 13.2 Å². The fraction of sp³-hybridized carbons (Fsp3) is 0.300. The van der Waals surface area contributed by atoms with Gasteiger partial charge in [0.05, 0.1) is 5.56 Å². The van der Waals surface area contributed by atoms with Crippen LogP contribution in [0.25, 0.3) is 0 Å². The van der Waals surface area contributed by atoms with Crippen LogP contribution in [0.3, 0.4) is 0 Å². The smallest absolute Gasteiger partial charge is 0.310 e. The van der Waals surface area contributed by atoms with Crippen LogP contribution in [0.15, 0.2) is 24.3 Å². The lowest BCUT2D eigenvalue weighted by Crippen LogP contribution is -2.06. The van der Waals surface area contributed by atoms with E-state index >= 15 is 0 Å². The number of nitrogens with one attached hydrogen (secondary N) is 1. The fourth-order valence-corrected chi connectivity index (χ4v) is 1.16. The topological polar surface area (TPSA) is 23.9 Å². The molecule has 0 bridgehead atoms. The lowest BCUT2D eigenvalue weighted by atomic mass is 10.1. The maximum atomic E-state index is 12.3. The summed E-state index contributed by atoms with van der Waals surface area (Å²) >= 11 is 0. The van der Waals surface area contributed by atoms with Crippen LogP contribution < -0.4 is 0 Å². The summed E-state index contributed by atoms with van der Waals surface area (Å²) in [7, 11) is 0. The number of halogens is 3. The number of benzene rings is 1. The fourth-order valence-electron chi connectivity index (χ4n) is 1.16. The van der Waals surface area contributed by atoms with Crippen molar-refractivity contribution in [1.29, 1.82) is 5.41 Å². The van der Waals surface area contributed by atoms with Crippen LogP contribution in [0.5, 0.6) is 0 Å². The van der Waals surface area contributed by atoms with Gasteiger partial charge in [-0.05, 0) is 18.6 Å². The van der Waals surface area contributed by atoms with Crippen LogP contribution in [-0.4, -0.2) is 5.71 Å². The molecule has 14 heavy (non-hydrogen) atoms. The Balaban J connectivity index is 2.95. The summed E-state index contributed by atoms with van der Waals surface area (Å²) in [6.45, 7) is 1.57. The molecule has 0 amide bonds. The van der Waals surface area contributed by atoms with Crippen molar-refractivity contribution in [2.24, 2.45) is 0 Å². The molecule has 76 valence electrons. The van der Waals surface area contributed by atoms with Gasteiger partial charge in [0.25, 0.3) is 0 Å². The van der Waals surface area contributed by atoms with Crippen LogP contribution in [0.2, 0.25) is 0 Å². The van der Waals surface area contributed by atoms with E-state index in [2.05, 4.69) is 0 Å². The van der Waals surface area contributed by atoms with E-state index in [-0.39, 0.29) is 6.42 Å². The molecule has 0 saturated carbocycles. The normalized spacial score (nSPS) is 11.4. The molecule has 0 unspecified atom stereocenters. The van der Waals surface area contributed by atoms with Crippen LogP contribution >= 0.6 is 0 Å². The van der Waals surface area contributed by atoms with Crippen molar-refractivity contribution < 1.29 is 13.2 Å². The summed E-state index contributed by atoms with van der Waals surface area (Å²) in [5.74, 6) is 0. The van der Waals surface area contributed by atoms with Gasteiger partial charge in [-0.15, -0.1) is 0 Å². The molecule has 0 aromatic heterocycles. The van der Waals surface area contributed by atoms with Gasteiger partial charge in [0, 0.05) is 12.1 Å². The molecule has 1 nitrogen and oxygen atoms in total. The summed E-state index contributed by atoms with van der Waals surface area (Å²) < 4.78 is 36.8. The van der Waals surface area contributed by atoms with Gasteiger partial charge in [-0.2, -0.15) is 13.2 Å². The Morgan fingerprint density at radius 1 is 1.36 bits per heavy atom. The number of hydrogen-bond donors (Lipinski definition) is 1. The average molecular weight is 201 g/mol. The van der Waals surface area contributed by atoms with Gasteiger partial charge < -0.3 is 5.41 Å². The minimum Gasteiger partial charge on any atom is -0.310 e. The molecule has 0 aliphatic heterocycles. The first-order valence-corrected chi connectivity index (χ1v) is 4.10. The van der Waals surface area contributed by atoms with E-state index in [0.29, 0.717) is 11.3 Å². The Labute approximate surface area is 80.1 Å². The van der Waals surface area contributed by atoms with Crippen molar-refractivity contribution in [2.75, 3.05) is 0 Å². The quantitative estimate of drug-likeness (QED) is 0.710. The van der Waals surface area contributed by atoms with Crippen molar-refractivity contribution in [3.63, 3.8) is 0 Å². The van der Waals surface area contributed by atoms with Crippen molar-refractivity contribution >= 4 is 5.71 Å². The molecule has 0 saturated heterocycles. The number of hydrogen-bond acceptors (Lipinski definition) is 1. The first kappa shape index (κ1) is 10.8. The minimum atomic E-state index is -4.30. The highest BCUT2D eigenvalue weighted by atomic mass is 19.4. The molecule has 4 heteroatoms. The standard InChI is InChI=1S/C10H10F3N/c1-7(14)5-8-3-2-4-9(6-8)10(11,12)13/h2-4,6,14H,5H2,1H3. The Morgan fingerprint density at radius 2 is 2.00 bits per heavy atom. The van der Waals surface area contributed by atoms with Gasteiger partial charge in [-0.1, -0.05) is 18.2 Å². The third-order valence-electron chi connectivity index (χ3n) is 1.72. The molecule has 0 atom stereocenters. The Hall–Kier alpha value is -1.32. The van der Waals surface area contributed by atoms with Crippen molar-refractivity contribution in [2.45, 2.75) is 19.5 Å². The molecular formula is C10H10F3N. The maximum Gasteiger partial charge on any atom is 0.416 e. The van der Waals surface area contributed by atoms with E-state index in [4.69, 9.17) is 5.41 Å². The lowest BCUT2D eigenvalue weighted by molar-refractivity contribution is -0.137. The third-order valence-corrected chi connectivity index (χ3v) is 1.72. The van der Waals surface area contributed by atoms with Crippen molar-refractivity contribution in [3.8, 4) is 0 Å². The third kappa shape index (κ3) is 2.87. The molecule has 0 aliphatic rings. The molecule has 0 fully saturated rings. The van der Waals surface area contributed by atoms with E-state index in [1.165, 1.54) is 6.07 Å². The molecule has 1 aromatic rings. The second kappa shape index (κ2) is 3.82. The van der Waals surface area contributed by atoms with Crippen molar-refractivity contribution in [1.82, 2.24) is 0 Å². The first-order chi connectivity index (χ1) is 6.39. The van der Waals surface area contributed by atoms with Gasteiger partial charge in [0.1, 0.15) is 0 Å². The van der Waals surface area contributed by atoms with E-state index in [1.54, 1.807) is 13.0 Å². The summed E-state index contributed by atoms with van der Waals surface area (Å²) in [5, 5.41) is 7.18.